The van der Waals surface area contributed by atoms with Crippen LogP contribution in [0.25, 0.3) is 0 Å². The largest absolute Gasteiger partial charge is 0.489 e. The van der Waals surface area contributed by atoms with Crippen LogP contribution in [-0.4, -0.2) is 44.3 Å². The first-order valence-electron chi connectivity index (χ1n) is 9.27. The lowest BCUT2D eigenvalue weighted by molar-refractivity contribution is 0.0374. The molecule has 1 aliphatic rings. The number of benzene rings is 2. The first-order chi connectivity index (χ1) is 12.8. The second-order valence-corrected chi connectivity index (χ2v) is 6.92. The van der Waals surface area contributed by atoms with Gasteiger partial charge in [0, 0.05) is 30.2 Å². The highest BCUT2D eigenvalue weighted by Crippen LogP contribution is 2.19. The van der Waals surface area contributed by atoms with Crippen molar-refractivity contribution in [1.82, 2.24) is 10.2 Å². The summed E-state index contributed by atoms with van der Waals surface area (Å²) in [6.45, 7) is 7.42. The molecular weight excluding hydrogens is 348 g/mol. The third-order valence-corrected chi connectivity index (χ3v) is 4.90. The van der Waals surface area contributed by atoms with Gasteiger partial charge in [0.15, 0.2) is 0 Å². The highest BCUT2D eigenvalue weighted by atomic mass is 35.5. The molecule has 0 unspecified atom stereocenters. The molecule has 0 amide bonds. The Bertz CT molecular complexity index is 657. The summed E-state index contributed by atoms with van der Waals surface area (Å²) in [6.07, 6.45) is 1.17. The van der Waals surface area contributed by atoms with Crippen molar-refractivity contribution in [3.8, 4) is 5.75 Å². The van der Waals surface area contributed by atoms with Crippen LogP contribution >= 0.6 is 11.6 Å². The Morgan fingerprint density at radius 3 is 2.58 bits per heavy atom. The molecule has 4 nitrogen and oxygen atoms in total. The summed E-state index contributed by atoms with van der Waals surface area (Å²) < 4.78 is 11.2. The summed E-state index contributed by atoms with van der Waals surface area (Å²) in [6, 6.07) is 16.0. The van der Waals surface area contributed by atoms with Crippen LogP contribution in [0.2, 0.25) is 5.02 Å². The van der Waals surface area contributed by atoms with Gasteiger partial charge in [-0.3, -0.25) is 4.90 Å². The molecule has 2 aromatic carbocycles. The fourth-order valence-corrected chi connectivity index (χ4v) is 3.16. The summed E-state index contributed by atoms with van der Waals surface area (Å²) in [4.78, 5) is 2.47. The van der Waals surface area contributed by atoms with E-state index in [9.17, 15) is 0 Å². The zero-order chi connectivity index (χ0) is 18.0. The summed E-state index contributed by atoms with van der Waals surface area (Å²) >= 11 is 6.15. The average molecular weight is 375 g/mol. The number of hydrogen-bond donors (Lipinski definition) is 1. The van der Waals surface area contributed by atoms with Crippen LogP contribution in [0.5, 0.6) is 5.75 Å². The number of nitrogens with one attached hydrogen (secondary N) is 1. The molecule has 0 radical (unpaired) electrons. The Morgan fingerprint density at radius 1 is 1.04 bits per heavy atom. The van der Waals surface area contributed by atoms with Gasteiger partial charge in [0.05, 0.1) is 13.2 Å². The molecule has 0 aromatic heterocycles. The van der Waals surface area contributed by atoms with E-state index in [0.29, 0.717) is 6.61 Å². The van der Waals surface area contributed by atoms with E-state index in [1.54, 1.807) is 0 Å². The van der Waals surface area contributed by atoms with Gasteiger partial charge in [-0.05, 0) is 43.3 Å². The Morgan fingerprint density at radius 2 is 1.81 bits per heavy atom. The van der Waals surface area contributed by atoms with Crippen molar-refractivity contribution in [2.75, 3.05) is 39.4 Å². The molecule has 3 rings (SSSR count). The molecule has 2 aromatic rings. The Balaban J connectivity index is 1.33. The van der Waals surface area contributed by atoms with Crippen molar-refractivity contribution in [2.24, 2.45) is 0 Å². The smallest absolute Gasteiger partial charge is 0.119 e. The predicted octanol–water partition coefficient (Wildman–Crippen LogP) is 3.73. The van der Waals surface area contributed by atoms with E-state index in [4.69, 9.17) is 21.1 Å². The quantitative estimate of drug-likeness (QED) is 0.678. The molecule has 1 N–H and O–H groups in total. The number of hydrogen-bond acceptors (Lipinski definition) is 4. The van der Waals surface area contributed by atoms with Gasteiger partial charge >= 0.3 is 0 Å². The average Bonchev–Trinajstić information content (AvgIpc) is 2.69. The van der Waals surface area contributed by atoms with Gasteiger partial charge in [-0.25, -0.2) is 0 Å². The van der Waals surface area contributed by atoms with Gasteiger partial charge in [0.2, 0.25) is 0 Å². The normalized spacial score (nSPS) is 15.1. The van der Waals surface area contributed by atoms with Gasteiger partial charge in [-0.15, -0.1) is 0 Å². The fourth-order valence-electron chi connectivity index (χ4n) is 2.97. The molecule has 1 aliphatic heterocycles. The van der Waals surface area contributed by atoms with Gasteiger partial charge in [-0.2, -0.15) is 0 Å². The van der Waals surface area contributed by atoms with Crippen molar-refractivity contribution in [1.29, 1.82) is 0 Å². The number of morpholine rings is 1. The van der Waals surface area contributed by atoms with Gasteiger partial charge < -0.3 is 14.8 Å². The zero-order valence-electron chi connectivity index (χ0n) is 15.1. The van der Waals surface area contributed by atoms with Crippen molar-refractivity contribution < 1.29 is 9.47 Å². The van der Waals surface area contributed by atoms with Gasteiger partial charge in [-0.1, -0.05) is 41.9 Å². The first-order valence-corrected chi connectivity index (χ1v) is 9.65. The van der Waals surface area contributed by atoms with E-state index in [1.165, 1.54) is 12.0 Å². The molecule has 1 saturated heterocycles. The lowest BCUT2D eigenvalue weighted by Crippen LogP contribution is -2.37. The number of ether oxygens (including phenoxy) is 2. The topological polar surface area (TPSA) is 33.7 Å². The van der Waals surface area contributed by atoms with Crippen molar-refractivity contribution in [2.45, 2.75) is 19.6 Å². The molecule has 0 aliphatic carbocycles. The molecule has 1 fully saturated rings. The highest BCUT2D eigenvalue weighted by Gasteiger charge is 2.08. The second kappa shape index (κ2) is 10.5. The number of halogens is 1. The molecule has 0 saturated carbocycles. The molecular formula is C21H27ClN2O2. The lowest BCUT2D eigenvalue weighted by atomic mass is 10.2. The van der Waals surface area contributed by atoms with E-state index in [1.807, 2.05) is 36.4 Å². The van der Waals surface area contributed by atoms with E-state index < -0.39 is 0 Å². The second-order valence-electron chi connectivity index (χ2n) is 6.51. The van der Waals surface area contributed by atoms with E-state index in [2.05, 4.69) is 22.3 Å². The maximum absolute atomic E-state index is 6.15. The minimum atomic E-state index is 0.485. The van der Waals surface area contributed by atoms with Crippen LogP contribution in [0.3, 0.4) is 0 Å². The van der Waals surface area contributed by atoms with E-state index >= 15 is 0 Å². The molecule has 1 heterocycles. The Kier molecular flexibility index (Phi) is 7.77. The minimum Gasteiger partial charge on any atom is -0.489 e. The Hall–Kier alpha value is -1.59. The summed E-state index contributed by atoms with van der Waals surface area (Å²) in [5.41, 5.74) is 2.27. The monoisotopic (exact) mass is 374 g/mol. The molecule has 140 valence electrons. The van der Waals surface area contributed by atoms with Crippen LogP contribution in [0, 0.1) is 0 Å². The van der Waals surface area contributed by atoms with Gasteiger partial charge in [0.1, 0.15) is 12.4 Å². The first kappa shape index (κ1) is 19.2. The molecule has 0 spiro atoms. The minimum absolute atomic E-state index is 0.485. The van der Waals surface area contributed by atoms with Crippen LogP contribution in [-0.2, 0) is 17.9 Å². The highest BCUT2D eigenvalue weighted by molar-refractivity contribution is 6.31. The number of rotatable bonds is 9. The molecule has 5 heteroatoms. The molecule has 26 heavy (non-hydrogen) atoms. The maximum atomic E-state index is 6.15. The standard InChI is InChI=1S/C21H27ClN2O2/c22-21-5-2-1-4-19(21)17-26-20-8-6-18(7-9-20)16-23-10-3-11-24-12-14-25-15-13-24/h1-2,4-9,23H,3,10-17H2. The zero-order valence-corrected chi connectivity index (χ0v) is 15.9. The summed E-state index contributed by atoms with van der Waals surface area (Å²) in [5, 5.41) is 4.25. The van der Waals surface area contributed by atoms with E-state index in [-0.39, 0.29) is 0 Å². The van der Waals surface area contributed by atoms with Crippen LogP contribution in [0.1, 0.15) is 17.5 Å². The predicted molar refractivity (Wildman–Crippen MR) is 106 cm³/mol. The van der Waals surface area contributed by atoms with E-state index in [0.717, 1.165) is 62.3 Å². The summed E-state index contributed by atoms with van der Waals surface area (Å²) in [7, 11) is 0. The molecule has 0 atom stereocenters. The maximum Gasteiger partial charge on any atom is 0.119 e. The SMILES string of the molecule is Clc1ccccc1COc1ccc(CNCCCN2CCOCC2)cc1. The third-order valence-electron chi connectivity index (χ3n) is 4.54. The van der Waals surface area contributed by atoms with Gasteiger partial charge in [0.25, 0.3) is 0 Å². The Labute approximate surface area is 161 Å². The number of nitrogens with zero attached hydrogens (tertiary/aromatic N) is 1. The van der Waals surface area contributed by atoms with Crippen molar-refractivity contribution in [3.05, 3.63) is 64.7 Å². The third kappa shape index (κ3) is 6.29. The van der Waals surface area contributed by atoms with Crippen molar-refractivity contribution in [3.63, 3.8) is 0 Å². The van der Waals surface area contributed by atoms with Crippen molar-refractivity contribution >= 4 is 11.6 Å². The van der Waals surface area contributed by atoms with Crippen LogP contribution < -0.4 is 10.1 Å². The summed E-state index contributed by atoms with van der Waals surface area (Å²) in [5.74, 6) is 0.862. The van der Waals surface area contributed by atoms with Crippen LogP contribution in [0.4, 0.5) is 0 Å². The fraction of sp³-hybridized carbons (Fsp3) is 0.429. The lowest BCUT2D eigenvalue weighted by Gasteiger charge is -2.26. The van der Waals surface area contributed by atoms with Crippen LogP contribution in [0.15, 0.2) is 48.5 Å². The molecule has 0 bridgehead atoms.